The molecule has 0 aliphatic heterocycles. The summed E-state index contributed by atoms with van der Waals surface area (Å²) in [5.41, 5.74) is 2.83. The number of fused-ring (bicyclic) bond motifs is 1. The fourth-order valence-corrected chi connectivity index (χ4v) is 2.74. The van der Waals surface area contributed by atoms with Crippen LogP contribution in [0.15, 0.2) is 60.7 Å². The number of aryl methyl sites for hydroxylation is 1. The van der Waals surface area contributed by atoms with Gasteiger partial charge < -0.3 is 9.84 Å². The molecule has 1 N–H and O–H groups in total. The first-order valence-corrected chi connectivity index (χ1v) is 7.01. The Morgan fingerprint density at radius 1 is 0.952 bits per heavy atom. The lowest BCUT2D eigenvalue weighted by atomic mass is 9.94. The van der Waals surface area contributed by atoms with E-state index in [1.807, 2.05) is 67.6 Å². The largest absolute Gasteiger partial charge is 0.496 e. The highest BCUT2D eigenvalue weighted by Crippen LogP contribution is 2.36. The van der Waals surface area contributed by atoms with Gasteiger partial charge in [-0.05, 0) is 29.3 Å². The third-order valence-electron chi connectivity index (χ3n) is 3.78. The second-order valence-corrected chi connectivity index (χ2v) is 5.22. The van der Waals surface area contributed by atoms with Gasteiger partial charge in [0.1, 0.15) is 11.9 Å². The Morgan fingerprint density at radius 3 is 2.52 bits per heavy atom. The van der Waals surface area contributed by atoms with Gasteiger partial charge in [-0.3, -0.25) is 0 Å². The van der Waals surface area contributed by atoms with E-state index in [0.717, 1.165) is 27.5 Å². The van der Waals surface area contributed by atoms with Crippen molar-refractivity contribution in [3.8, 4) is 5.75 Å². The molecule has 0 radical (unpaired) electrons. The zero-order valence-electron chi connectivity index (χ0n) is 12.2. The molecule has 0 aliphatic rings. The molecular weight excluding hydrogens is 260 g/mol. The Labute approximate surface area is 124 Å². The zero-order chi connectivity index (χ0) is 14.8. The highest BCUT2D eigenvalue weighted by molar-refractivity contribution is 5.88. The van der Waals surface area contributed by atoms with Crippen molar-refractivity contribution in [2.75, 3.05) is 7.11 Å². The Balaban J connectivity index is 2.22. The van der Waals surface area contributed by atoms with E-state index in [1.54, 1.807) is 7.11 Å². The standard InChI is InChI=1S/C19H18O2/c1-13-6-5-8-15(12-13)19(20)18-16-9-4-3-7-14(16)10-11-17(18)21-2/h3-12,19-20H,1-2H3. The topological polar surface area (TPSA) is 29.5 Å². The molecule has 0 amide bonds. The van der Waals surface area contributed by atoms with Gasteiger partial charge in [-0.25, -0.2) is 0 Å². The third-order valence-corrected chi connectivity index (χ3v) is 3.78. The van der Waals surface area contributed by atoms with E-state index >= 15 is 0 Å². The molecule has 21 heavy (non-hydrogen) atoms. The highest BCUT2D eigenvalue weighted by Gasteiger charge is 2.18. The highest BCUT2D eigenvalue weighted by atomic mass is 16.5. The molecule has 0 bridgehead atoms. The molecule has 3 rings (SSSR count). The first kappa shape index (κ1) is 13.7. The second-order valence-electron chi connectivity index (χ2n) is 5.22. The maximum absolute atomic E-state index is 10.8. The quantitative estimate of drug-likeness (QED) is 0.776. The Bertz CT molecular complexity index is 777. The molecule has 0 fully saturated rings. The van der Waals surface area contributed by atoms with E-state index in [1.165, 1.54) is 0 Å². The number of rotatable bonds is 3. The maximum Gasteiger partial charge on any atom is 0.125 e. The van der Waals surface area contributed by atoms with E-state index in [4.69, 9.17) is 4.74 Å². The average Bonchev–Trinajstić information content (AvgIpc) is 2.53. The maximum atomic E-state index is 10.8. The molecular formula is C19H18O2. The van der Waals surface area contributed by atoms with Crippen LogP contribution in [-0.2, 0) is 0 Å². The molecule has 0 heterocycles. The van der Waals surface area contributed by atoms with Gasteiger partial charge in [0.25, 0.3) is 0 Å². The average molecular weight is 278 g/mol. The fourth-order valence-electron chi connectivity index (χ4n) is 2.74. The summed E-state index contributed by atoms with van der Waals surface area (Å²) in [7, 11) is 1.64. The molecule has 3 aromatic rings. The lowest BCUT2D eigenvalue weighted by molar-refractivity contribution is 0.216. The first-order valence-electron chi connectivity index (χ1n) is 7.01. The van der Waals surface area contributed by atoms with Crippen molar-refractivity contribution in [1.29, 1.82) is 0 Å². The van der Waals surface area contributed by atoms with Crippen LogP contribution in [0.3, 0.4) is 0 Å². The minimum atomic E-state index is -0.703. The van der Waals surface area contributed by atoms with Crippen LogP contribution in [0.1, 0.15) is 22.8 Å². The van der Waals surface area contributed by atoms with Crippen molar-refractivity contribution >= 4 is 10.8 Å². The minimum absolute atomic E-state index is 0.703. The number of aliphatic hydroxyl groups is 1. The van der Waals surface area contributed by atoms with Gasteiger partial charge in [-0.2, -0.15) is 0 Å². The van der Waals surface area contributed by atoms with E-state index in [9.17, 15) is 5.11 Å². The molecule has 106 valence electrons. The van der Waals surface area contributed by atoms with Crippen molar-refractivity contribution in [1.82, 2.24) is 0 Å². The van der Waals surface area contributed by atoms with Gasteiger partial charge in [0.15, 0.2) is 0 Å². The summed E-state index contributed by atoms with van der Waals surface area (Å²) in [6, 6.07) is 19.9. The van der Waals surface area contributed by atoms with Gasteiger partial charge in [-0.15, -0.1) is 0 Å². The molecule has 0 spiro atoms. The number of benzene rings is 3. The predicted octanol–water partition coefficient (Wildman–Crippen LogP) is 4.24. The monoisotopic (exact) mass is 278 g/mol. The van der Waals surface area contributed by atoms with Crippen molar-refractivity contribution in [2.45, 2.75) is 13.0 Å². The summed E-state index contributed by atoms with van der Waals surface area (Å²) < 4.78 is 5.47. The predicted molar refractivity (Wildman–Crippen MR) is 85.7 cm³/mol. The molecule has 2 heteroatoms. The summed E-state index contributed by atoms with van der Waals surface area (Å²) >= 11 is 0. The lowest BCUT2D eigenvalue weighted by Crippen LogP contribution is -2.03. The summed E-state index contributed by atoms with van der Waals surface area (Å²) in [5.74, 6) is 0.711. The number of hydrogen-bond acceptors (Lipinski definition) is 2. The van der Waals surface area contributed by atoms with E-state index in [2.05, 4.69) is 0 Å². The second kappa shape index (κ2) is 5.58. The van der Waals surface area contributed by atoms with E-state index in [-0.39, 0.29) is 0 Å². The van der Waals surface area contributed by atoms with Crippen LogP contribution in [0.2, 0.25) is 0 Å². The number of hydrogen-bond donors (Lipinski definition) is 1. The van der Waals surface area contributed by atoms with Crippen LogP contribution in [0, 0.1) is 6.92 Å². The Kier molecular flexibility index (Phi) is 3.63. The lowest BCUT2D eigenvalue weighted by Gasteiger charge is -2.18. The summed E-state index contributed by atoms with van der Waals surface area (Å²) in [6.45, 7) is 2.02. The summed E-state index contributed by atoms with van der Waals surface area (Å²) in [6.07, 6.45) is -0.703. The van der Waals surface area contributed by atoms with Gasteiger partial charge in [0, 0.05) is 5.56 Å². The van der Waals surface area contributed by atoms with Gasteiger partial charge >= 0.3 is 0 Å². The van der Waals surface area contributed by atoms with E-state index in [0.29, 0.717) is 5.75 Å². The normalized spacial score (nSPS) is 12.3. The third kappa shape index (κ3) is 2.50. The van der Waals surface area contributed by atoms with Crippen molar-refractivity contribution in [2.24, 2.45) is 0 Å². The number of methoxy groups -OCH3 is 1. The molecule has 0 saturated heterocycles. The summed E-state index contributed by atoms with van der Waals surface area (Å²) in [5, 5.41) is 13.0. The van der Waals surface area contributed by atoms with Crippen LogP contribution >= 0.6 is 0 Å². The SMILES string of the molecule is COc1ccc2ccccc2c1C(O)c1cccc(C)c1. The van der Waals surface area contributed by atoms with Crippen molar-refractivity contribution < 1.29 is 9.84 Å². The fraction of sp³-hybridized carbons (Fsp3) is 0.158. The van der Waals surface area contributed by atoms with Crippen LogP contribution < -0.4 is 4.74 Å². The molecule has 1 unspecified atom stereocenters. The molecule has 0 saturated carbocycles. The van der Waals surface area contributed by atoms with Crippen LogP contribution in [0.25, 0.3) is 10.8 Å². The van der Waals surface area contributed by atoms with Gasteiger partial charge in [0.05, 0.1) is 7.11 Å². The van der Waals surface area contributed by atoms with Crippen LogP contribution in [0.4, 0.5) is 0 Å². The molecule has 3 aromatic carbocycles. The number of aliphatic hydroxyl groups excluding tert-OH is 1. The van der Waals surface area contributed by atoms with Gasteiger partial charge in [0.2, 0.25) is 0 Å². The van der Waals surface area contributed by atoms with Crippen molar-refractivity contribution in [3.05, 3.63) is 77.4 Å². The van der Waals surface area contributed by atoms with E-state index < -0.39 is 6.10 Å². The first-order chi connectivity index (χ1) is 10.2. The Hall–Kier alpha value is -2.32. The molecule has 0 aliphatic carbocycles. The Morgan fingerprint density at radius 2 is 1.76 bits per heavy atom. The van der Waals surface area contributed by atoms with Crippen LogP contribution in [0.5, 0.6) is 5.75 Å². The van der Waals surface area contributed by atoms with Gasteiger partial charge in [-0.1, -0.05) is 60.2 Å². The number of ether oxygens (including phenoxy) is 1. The smallest absolute Gasteiger partial charge is 0.125 e. The van der Waals surface area contributed by atoms with Crippen molar-refractivity contribution in [3.63, 3.8) is 0 Å². The minimum Gasteiger partial charge on any atom is -0.496 e. The zero-order valence-corrected chi connectivity index (χ0v) is 12.2. The summed E-state index contributed by atoms with van der Waals surface area (Å²) in [4.78, 5) is 0. The molecule has 1 atom stereocenters. The molecule has 2 nitrogen and oxygen atoms in total. The van der Waals surface area contributed by atoms with Crippen LogP contribution in [-0.4, -0.2) is 12.2 Å². The molecule has 0 aromatic heterocycles.